The number of amides is 2. The largest absolute Gasteiger partial charge is 0.393 e. The van der Waals surface area contributed by atoms with Crippen molar-refractivity contribution in [3.8, 4) is 0 Å². The Bertz CT molecular complexity index is 537. The van der Waals surface area contributed by atoms with Crippen LogP contribution in [0.3, 0.4) is 0 Å². The summed E-state index contributed by atoms with van der Waals surface area (Å²) in [5.74, 6) is -2.68. The van der Waals surface area contributed by atoms with Gasteiger partial charge in [0.2, 0.25) is 5.91 Å². The van der Waals surface area contributed by atoms with Crippen LogP contribution in [0.2, 0.25) is 0 Å². The Hall–Kier alpha value is -1.99. The molecule has 0 fully saturated rings. The molecule has 0 spiro atoms. The van der Waals surface area contributed by atoms with Crippen LogP contribution in [0.1, 0.15) is 31.7 Å². The molecule has 0 aliphatic carbocycles. The summed E-state index contributed by atoms with van der Waals surface area (Å²) in [7, 11) is 0. The number of hydroxylamine groups is 1. The monoisotopic (exact) mass is 339 g/mol. The van der Waals surface area contributed by atoms with Crippen LogP contribution in [0.25, 0.3) is 0 Å². The second-order valence-electron chi connectivity index (χ2n) is 6.00. The molecule has 0 heterocycles. The number of carbonyl (C=O) groups is 2. The predicted molar refractivity (Wildman–Crippen MR) is 86.4 cm³/mol. The zero-order valence-electron chi connectivity index (χ0n) is 13.6. The Morgan fingerprint density at radius 2 is 2.00 bits per heavy atom. The maximum atomic E-state index is 13.9. The van der Waals surface area contributed by atoms with Gasteiger partial charge in [-0.1, -0.05) is 30.3 Å². The van der Waals surface area contributed by atoms with Gasteiger partial charge in [-0.15, -0.1) is 0 Å². The van der Waals surface area contributed by atoms with Gasteiger partial charge in [0, 0.05) is 5.92 Å². The minimum Gasteiger partial charge on any atom is -0.393 e. The van der Waals surface area contributed by atoms with Crippen LogP contribution in [-0.2, 0) is 16.0 Å². The molecule has 1 aromatic rings. The molecule has 0 saturated carbocycles. The normalized spacial score (nSPS) is 16.0. The summed E-state index contributed by atoms with van der Waals surface area (Å²) in [6, 6.07) is 9.45. The Labute approximate surface area is 140 Å². The quantitative estimate of drug-likeness (QED) is 0.380. The van der Waals surface area contributed by atoms with Crippen molar-refractivity contribution in [3.63, 3.8) is 0 Å². The standard InChI is InChI=1S/C17H24FN2O4/c1-17(18,16(19)23)10-9-13(15(22)20-24)11-14(21)8-7-12-5-3-2-4-6-12/h2-6,8,13-14,21,24H,7,9-11H2,1H3,(H2,19,23)(H,20,22). The maximum absolute atomic E-state index is 13.9. The minimum absolute atomic E-state index is 0.00800. The molecule has 3 atom stereocenters. The highest BCUT2D eigenvalue weighted by Crippen LogP contribution is 2.24. The van der Waals surface area contributed by atoms with Gasteiger partial charge in [-0.25, -0.2) is 9.87 Å². The first-order valence-corrected chi connectivity index (χ1v) is 7.74. The van der Waals surface area contributed by atoms with Gasteiger partial charge < -0.3 is 10.8 Å². The summed E-state index contributed by atoms with van der Waals surface area (Å²) in [6.45, 7) is 1.04. The fourth-order valence-electron chi connectivity index (χ4n) is 2.29. The summed E-state index contributed by atoms with van der Waals surface area (Å²) in [4.78, 5) is 22.7. The number of aliphatic hydroxyl groups excluding tert-OH is 1. The van der Waals surface area contributed by atoms with E-state index in [0.717, 1.165) is 12.5 Å². The first-order valence-electron chi connectivity index (χ1n) is 7.74. The zero-order chi connectivity index (χ0) is 18.2. The van der Waals surface area contributed by atoms with Gasteiger partial charge in [0.05, 0.1) is 6.10 Å². The third-order valence-corrected chi connectivity index (χ3v) is 3.95. The van der Waals surface area contributed by atoms with Crippen molar-refractivity contribution >= 4 is 11.8 Å². The van der Waals surface area contributed by atoms with Gasteiger partial charge in [-0.2, -0.15) is 0 Å². The zero-order valence-corrected chi connectivity index (χ0v) is 13.6. The van der Waals surface area contributed by atoms with Crippen LogP contribution in [0.15, 0.2) is 30.3 Å². The molecule has 0 bridgehead atoms. The first-order chi connectivity index (χ1) is 11.3. The van der Waals surface area contributed by atoms with Crippen molar-refractivity contribution in [2.24, 2.45) is 11.7 Å². The lowest BCUT2D eigenvalue weighted by Crippen LogP contribution is -2.38. The number of primary amides is 1. The SMILES string of the molecule is CC(F)(CCC(CC(O)[CH]Cc1ccccc1)C(=O)NO)C(N)=O. The van der Waals surface area contributed by atoms with Crippen LogP contribution in [0, 0.1) is 12.3 Å². The van der Waals surface area contributed by atoms with Crippen LogP contribution < -0.4 is 11.2 Å². The molecular weight excluding hydrogens is 315 g/mol. The van der Waals surface area contributed by atoms with Crippen LogP contribution >= 0.6 is 0 Å². The Kier molecular flexibility index (Phi) is 7.81. The predicted octanol–water partition coefficient (Wildman–Crippen LogP) is 1.30. The topological polar surface area (TPSA) is 113 Å². The van der Waals surface area contributed by atoms with Gasteiger partial charge in [0.1, 0.15) is 0 Å². The number of aliphatic hydroxyl groups is 1. The molecule has 6 nitrogen and oxygen atoms in total. The highest BCUT2D eigenvalue weighted by Gasteiger charge is 2.33. The van der Waals surface area contributed by atoms with E-state index in [2.05, 4.69) is 0 Å². The molecule has 7 heteroatoms. The average molecular weight is 339 g/mol. The summed E-state index contributed by atoms with van der Waals surface area (Å²) in [5, 5.41) is 18.8. The van der Waals surface area contributed by atoms with E-state index < -0.39 is 29.5 Å². The van der Waals surface area contributed by atoms with E-state index in [1.54, 1.807) is 6.42 Å². The van der Waals surface area contributed by atoms with Crippen molar-refractivity contribution in [2.45, 2.75) is 44.4 Å². The maximum Gasteiger partial charge on any atom is 0.254 e. The van der Waals surface area contributed by atoms with E-state index >= 15 is 0 Å². The molecule has 133 valence electrons. The summed E-state index contributed by atoms with van der Waals surface area (Å²) >= 11 is 0. The molecule has 0 saturated heterocycles. The number of carbonyl (C=O) groups excluding carboxylic acids is 2. The number of nitrogens with one attached hydrogen (secondary N) is 1. The third-order valence-electron chi connectivity index (χ3n) is 3.95. The lowest BCUT2D eigenvalue weighted by molar-refractivity contribution is -0.136. The van der Waals surface area contributed by atoms with Crippen molar-refractivity contribution in [2.75, 3.05) is 0 Å². The van der Waals surface area contributed by atoms with Crippen LogP contribution in [-0.4, -0.2) is 33.9 Å². The van der Waals surface area contributed by atoms with E-state index in [0.29, 0.717) is 6.42 Å². The molecule has 0 aliphatic heterocycles. The third kappa shape index (κ3) is 6.64. The second kappa shape index (κ2) is 9.34. The highest BCUT2D eigenvalue weighted by molar-refractivity contribution is 5.83. The lowest BCUT2D eigenvalue weighted by Gasteiger charge is -2.22. The van der Waals surface area contributed by atoms with Crippen LogP contribution in [0.4, 0.5) is 4.39 Å². The van der Waals surface area contributed by atoms with Gasteiger partial charge >= 0.3 is 0 Å². The minimum atomic E-state index is -2.24. The number of nitrogens with two attached hydrogens (primary N) is 1. The fraction of sp³-hybridized carbons (Fsp3) is 0.471. The number of hydrogen-bond acceptors (Lipinski definition) is 4. The second-order valence-corrected chi connectivity index (χ2v) is 6.00. The fourth-order valence-corrected chi connectivity index (χ4v) is 2.29. The molecule has 0 aromatic heterocycles. The van der Waals surface area contributed by atoms with Gasteiger partial charge in [-0.3, -0.25) is 14.8 Å². The number of benzene rings is 1. The number of rotatable bonds is 10. The summed E-state index contributed by atoms with van der Waals surface area (Å²) < 4.78 is 13.9. The van der Waals surface area contributed by atoms with Gasteiger partial charge in [0.25, 0.3) is 5.91 Å². The van der Waals surface area contributed by atoms with Crippen molar-refractivity contribution in [1.82, 2.24) is 5.48 Å². The van der Waals surface area contributed by atoms with E-state index in [1.807, 2.05) is 30.3 Å². The van der Waals surface area contributed by atoms with Crippen molar-refractivity contribution in [3.05, 3.63) is 42.3 Å². The molecule has 0 aliphatic rings. The van der Waals surface area contributed by atoms with Crippen molar-refractivity contribution in [1.29, 1.82) is 0 Å². The number of hydrogen-bond donors (Lipinski definition) is 4. The molecule has 1 rings (SSSR count). The van der Waals surface area contributed by atoms with Crippen LogP contribution in [0.5, 0.6) is 0 Å². The molecule has 24 heavy (non-hydrogen) atoms. The van der Waals surface area contributed by atoms with Crippen molar-refractivity contribution < 1.29 is 24.3 Å². The van der Waals surface area contributed by atoms with Gasteiger partial charge in [0.15, 0.2) is 5.67 Å². The lowest BCUT2D eigenvalue weighted by atomic mass is 9.89. The average Bonchev–Trinajstić information content (AvgIpc) is 2.56. The summed E-state index contributed by atoms with van der Waals surface area (Å²) in [6.07, 6.45) is 0.943. The molecule has 2 amide bonds. The molecule has 1 radical (unpaired) electrons. The van der Waals surface area contributed by atoms with E-state index in [9.17, 15) is 19.1 Å². The molecule has 1 aromatic carbocycles. The molecular formula is C17H24FN2O4. The highest BCUT2D eigenvalue weighted by atomic mass is 19.1. The van der Waals surface area contributed by atoms with E-state index in [-0.39, 0.29) is 19.3 Å². The first kappa shape index (κ1) is 20.1. The Morgan fingerprint density at radius 3 is 2.54 bits per heavy atom. The molecule has 5 N–H and O–H groups in total. The van der Waals surface area contributed by atoms with E-state index in [4.69, 9.17) is 10.9 Å². The van der Waals surface area contributed by atoms with Gasteiger partial charge in [-0.05, 0) is 44.6 Å². The summed E-state index contributed by atoms with van der Waals surface area (Å²) in [5.41, 5.74) is 5.23. The Morgan fingerprint density at radius 1 is 1.38 bits per heavy atom. The molecule has 3 unspecified atom stereocenters. The number of halogens is 1. The Balaban J connectivity index is 2.55. The van der Waals surface area contributed by atoms with E-state index in [1.165, 1.54) is 5.48 Å². The number of alkyl halides is 1. The smallest absolute Gasteiger partial charge is 0.254 e.